The Bertz CT molecular complexity index is 512. The summed E-state index contributed by atoms with van der Waals surface area (Å²) in [7, 11) is -1.39. The Morgan fingerprint density at radius 2 is 2.06 bits per heavy atom. The lowest BCUT2D eigenvalue weighted by molar-refractivity contribution is 0.347. The van der Waals surface area contributed by atoms with Gasteiger partial charge in [0.2, 0.25) is 0 Å². The Kier molecular flexibility index (Phi) is 4.72. The van der Waals surface area contributed by atoms with Gasteiger partial charge in [-0.3, -0.25) is 0 Å². The molecule has 0 aliphatic carbocycles. The maximum Gasteiger partial charge on any atom is 0.252 e. The molecule has 0 radical (unpaired) electrons. The average molecular weight is 374 g/mol. The molecule has 4 nitrogen and oxygen atoms in total. The number of rotatable bonds is 2. The van der Waals surface area contributed by atoms with Crippen LogP contribution in [0.3, 0.4) is 0 Å². The molecule has 2 heterocycles. The maximum atomic E-state index is 12.5. The van der Waals surface area contributed by atoms with Crippen LogP contribution in [0.4, 0.5) is 0 Å². The fraction of sp³-hybridized carbons (Fsp3) is 0.600. The Hall–Kier alpha value is 0.340. The van der Waals surface area contributed by atoms with E-state index in [0.717, 1.165) is 30.8 Å². The van der Waals surface area contributed by atoms with Crippen LogP contribution in [0.2, 0.25) is 5.02 Å². The highest BCUT2D eigenvalue weighted by atomic mass is 79.9. The Morgan fingerprint density at radius 1 is 1.33 bits per heavy atom. The van der Waals surface area contributed by atoms with Gasteiger partial charge in [-0.1, -0.05) is 11.6 Å². The number of hydrogen-bond acceptors (Lipinski definition) is 4. The molecule has 0 aromatic carbocycles. The molecule has 0 N–H and O–H groups in total. The van der Waals surface area contributed by atoms with Crippen molar-refractivity contribution in [2.24, 2.45) is 0 Å². The fourth-order valence-corrected chi connectivity index (χ4v) is 5.87. The molecule has 1 fully saturated rings. The molecule has 0 atom stereocenters. The number of thiophene rings is 1. The van der Waals surface area contributed by atoms with Crippen LogP contribution in [-0.4, -0.2) is 50.8 Å². The summed E-state index contributed by atoms with van der Waals surface area (Å²) in [5.41, 5.74) is 0. The minimum Gasteiger partial charge on any atom is -0.305 e. The van der Waals surface area contributed by atoms with E-state index in [1.54, 1.807) is 4.31 Å². The topological polar surface area (TPSA) is 40.6 Å². The van der Waals surface area contributed by atoms with E-state index < -0.39 is 10.0 Å². The van der Waals surface area contributed by atoms with Gasteiger partial charge in [0.05, 0.1) is 8.81 Å². The van der Waals surface area contributed by atoms with Crippen molar-refractivity contribution in [2.75, 3.05) is 33.2 Å². The molecular weight excluding hydrogens is 360 g/mol. The first kappa shape index (κ1) is 14.7. The van der Waals surface area contributed by atoms with Crippen molar-refractivity contribution in [3.05, 3.63) is 14.9 Å². The minimum atomic E-state index is -3.40. The van der Waals surface area contributed by atoms with Gasteiger partial charge < -0.3 is 4.90 Å². The molecule has 1 aromatic rings. The molecule has 2 rings (SSSR count). The number of sulfonamides is 1. The highest BCUT2D eigenvalue weighted by molar-refractivity contribution is 9.11. The van der Waals surface area contributed by atoms with Gasteiger partial charge in [0.25, 0.3) is 10.0 Å². The minimum absolute atomic E-state index is 0.309. The molecule has 1 aromatic heterocycles. The van der Waals surface area contributed by atoms with Gasteiger partial charge in [-0.15, -0.1) is 11.3 Å². The molecule has 0 unspecified atom stereocenters. The van der Waals surface area contributed by atoms with Crippen LogP contribution < -0.4 is 0 Å². The average Bonchev–Trinajstić information content (AvgIpc) is 2.52. The van der Waals surface area contributed by atoms with E-state index in [1.807, 2.05) is 7.05 Å². The smallest absolute Gasteiger partial charge is 0.252 e. The third-order valence-electron chi connectivity index (χ3n) is 2.90. The molecule has 1 saturated heterocycles. The first-order valence-corrected chi connectivity index (χ1v) is 8.97. The zero-order chi connectivity index (χ0) is 13.3. The van der Waals surface area contributed by atoms with E-state index in [1.165, 1.54) is 6.07 Å². The zero-order valence-corrected chi connectivity index (χ0v) is 13.9. The van der Waals surface area contributed by atoms with Gasteiger partial charge in [-0.25, -0.2) is 8.42 Å². The number of halogens is 2. The summed E-state index contributed by atoms with van der Waals surface area (Å²) in [5, 5.41) is 0.450. The number of nitrogens with zero attached hydrogens (tertiary/aromatic N) is 2. The van der Waals surface area contributed by atoms with E-state index in [4.69, 9.17) is 11.6 Å². The normalized spacial score (nSPS) is 19.9. The van der Waals surface area contributed by atoms with Crippen LogP contribution in [0.15, 0.2) is 14.1 Å². The van der Waals surface area contributed by atoms with Crippen molar-refractivity contribution in [1.82, 2.24) is 9.21 Å². The van der Waals surface area contributed by atoms with Gasteiger partial charge in [-0.05, 0) is 42.0 Å². The van der Waals surface area contributed by atoms with Crippen LogP contribution >= 0.6 is 38.9 Å². The molecular formula is C10H14BrClN2O2S2. The lowest BCUT2D eigenvalue weighted by Crippen LogP contribution is -2.34. The third kappa shape index (κ3) is 3.08. The van der Waals surface area contributed by atoms with E-state index >= 15 is 0 Å². The van der Waals surface area contributed by atoms with E-state index in [2.05, 4.69) is 20.8 Å². The molecule has 1 aliphatic heterocycles. The van der Waals surface area contributed by atoms with Crippen molar-refractivity contribution < 1.29 is 8.42 Å². The van der Waals surface area contributed by atoms with Crippen LogP contribution in [0.1, 0.15) is 6.42 Å². The van der Waals surface area contributed by atoms with Gasteiger partial charge >= 0.3 is 0 Å². The molecule has 0 spiro atoms. The van der Waals surface area contributed by atoms with Crippen molar-refractivity contribution >= 4 is 48.9 Å². The van der Waals surface area contributed by atoms with Gasteiger partial charge in [0, 0.05) is 19.6 Å². The first-order valence-electron chi connectivity index (χ1n) is 5.55. The van der Waals surface area contributed by atoms with E-state index in [9.17, 15) is 8.42 Å². The third-order valence-corrected chi connectivity index (χ3v) is 7.72. The van der Waals surface area contributed by atoms with Crippen molar-refractivity contribution in [2.45, 2.75) is 10.6 Å². The summed E-state index contributed by atoms with van der Waals surface area (Å²) in [4.78, 5) is 2.15. The monoisotopic (exact) mass is 372 g/mol. The second-order valence-electron chi connectivity index (χ2n) is 4.25. The predicted molar refractivity (Wildman–Crippen MR) is 77.9 cm³/mol. The molecule has 1 aliphatic rings. The molecule has 0 saturated carbocycles. The fourth-order valence-electron chi connectivity index (χ4n) is 1.84. The van der Waals surface area contributed by atoms with E-state index in [0.29, 0.717) is 26.1 Å². The summed E-state index contributed by atoms with van der Waals surface area (Å²) in [5.74, 6) is 0. The molecule has 18 heavy (non-hydrogen) atoms. The zero-order valence-electron chi connectivity index (χ0n) is 9.90. The van der Waals surface area contributed by atoms with Crippen molar-refractivity contribution in [1.29, 1.82) is 0 Å². The largest absolute Gasteiger partial charge is 0.305 e. The van der Waals surface area contributed by atoms with Gasteiger partial charge in [-0.2, -0.15) is 4.31 Å². The summed E-state index contributed by atoms with van der Waals surface area (Å²) in [6, 6.07) is 1.51. The van der Waals surface area contributed by atoms with Gasteiger partial charge in [0.1, 0.15) is 4.21 Å². The summed E-state index contributed by atoms with van der Waals surface area (Å²) in [6.45, 7) is 2.80. The Morgan fingerprint density at radius 3 is 2.67 bits per heavy atom. The summed E-state index contributed by atoms with van der Waals surface area (Å²) >= 11 is 10.3. The van der Waals surface area contributed by atoms with Crippen molar-refractivity contribution in [3.63, 3.8) is 0 Å². The highest BCUT2D eigenvalue weighted by Crippen LogP contribution is 2.36. The first-order chi connectivity index (χ1) is 8.41. The second kappa shape index (κ2) is 5.76. The van der Waals surface area contributed by atoms with Crippen LogP contribution in [0.5, 0.6) is 0 Å². The van der Waals surface area contributed by atoms with Crippen molar-refractivity contribution in [3.8, 4) is 0 Å². The number of hydrogen-bond donors (Lipinski definition) is 0. The second-order valence-corrected chi connectivity index (χ2v) is 9.19. The SMILES string of the molecule is CN1CCCN(S(=O)(=O)c2cc(Cl)c(Br)s2)CC1. The lowest BCUT2D eigenvalue weighted by Gasteiger charge is -2.18. The molecule has 8 heteroatoms. The highest BCUT2D eigenvalue weighted by Gasteiger charge is 2.28. The number of likely N-dealkylation sites (N-methyl/N-ethyl adjacent to an activating group) is 1. The molecule has 102 valence electrons. The van der Waals surface area contributed by atoms with E-state index in [-0.39, 0.29) is 0 Å². The Labute approximate surface area is 125 Å². The quantitative estimate of drug-likeness (QED) is 0.799. The molecule has 0 amide bonds. The lowest BCUT2D eigenvalue weighted by atomic mass is 10.4. The molecule has 0 bridgehead atoms. The summed E-state index contributed by atoms with van der Waals surface area (Å²) in [6.07, 6.45) is 0.857. The standard InChI is InChI=1S/C10H14BrClN2O2S2/c1-13-3-2-4-14(6-5-13)18(15,16)9-7-8(12)10(11)17-9/h7H,2-6H2,1H3. The maximum absolute atomic E-state index is 12.5. The van der Waals surface area contributed by atoms with Crippen LogP contribution in [0, 0.1) is 0 Å². The Balaban J connectivity index is 2.25. The van der Waals surface area contributed by atoms with Crippen LogP contribution in [0.25, 0.3) is 0 Å². The van der Waals surface area contributed by atoms with Gasteiger partial charge in [0.15, 0.2) is 0 Å². The summed E-state index contributed by atoms with van der Waals surface area (Å²) < 4.78 is 27.4. The predicted octanol–water partition coefficient (Wildman–Crippen LogP) is 2.49. The van der Waals surface area contributed by atoms with Crippen LogP contribution in [-0.2, 0) is 10.0 Å².